The third-order valence-electron chi connectivity index (χ3n) is 3.82. The average molecular weight is 318 g/mol. The number of benzene rings is 1. The Morgan fingerprint density at radius 3 is 2.79 bits per heavy atom. The van der Waals surface area contributed by atoms with E-state index >= 15 is 0 Å². The fourth-order valence-electron chi connectivity index (χ4n) is 2.71. The van der Waals surface area contributed by atoms with Gasteiger partial charge in [-0.15, -0.1) is 0 Å². The van der Waals surface area contributed by atoms with Gasteiger partial charge in [0, 0.05) is 17.8 Å². The molecule has 0 saturated carbocycles. The van der Waals surface area contributed by atoms with Crippen molar-refractivity contribution in [2.75, 3.05) is 7.11 Å². The van der Waals surface area contributed by atoms with Crippen molar-refractivity contribution in [3.8, 4) is 28.3 Å². The van der Waals surface area contributed by atoms with Gasteiger partial charge in [-0.05, 0) is 30.3 Å². The maximum atomic E-state index is 11.3. The number of rotatable bonds is 3. The molecule has 0 bridgehead atoms. The summed E-state index contributed by atoms with van der Waals surface area (Å²) in [5.74, 6) is 0.755. The minimum atomic E-state index is -0.238. The van der Waals surface area contributed by atoms with Crippen molar-refractivity contribution in [3.63, 3.8) is 0 Å². The lowest BCUT2D eigenvalue weighted by Gasteiger charge is -2.05. The molecule has 0 aliphatic rings. The van der Waals surface area contributed by atoms with Crippen LogP contribution in [0.5, 0.6) is 5.75 Å². The van der Waals surface area contributed by atoms with E-state index in [1.54, 1.807) is 17.7 Å². The topological polar surface area (TPSA) is 72.3 Å². The van der Waals surface area contributed by atoms with Crippen LogP contribution in [0, 0.1) is 0 Å². The first kappa shape index (κ1) is 14.2. The molecule has 24 heavy (non-hydrogen) atoms. The zero-order valence-electron chi connectivity index (χ0n) is 12.9. The highest BCUT2D eigenvalue weighted by molar-refractivity contribution is 5.90. The molecule has 0 aliphatic carbocycles. The van der Waals surface area contributed by atoms with Gasteiger partial charge in [0.25, 0.3) is 5.56 Å². The van der Waals surface area contributed by atoms with Crippen molar-refractivity contribution in [3.05, 3.63) is 71.1 Å². The van der Waals surface area contributed by atoms with Gasteiger partial charge in [0.15, 0.2) is 0 Å². The Morgan fingerprint density at radius 2 is 2.00 bits per heavy atom. The molecular weight excluding hydrogens is 304 g/mol. The summed E-state index contributed by atoms with van der Waals surface area (Å²) in [6.07, 6.45) is 1.88. The number of aromatic nitrogens is 4. The fourth-order valence-corrected chi connectivity index (χ4v) is 2.71. The molecule has 6 heteroatoms. The molecule has 1 N–H and O–H groups in total. The van der Waals surface area contributed by atoms with Gasteiger partial charge >= 0.3 is 0 Å². The summed E-state index contributed by atoms with van der Waals surface area (Å²) in [7, 11) is 1.63. The minimum absolute atomic E-state index is 0.238. The van der Waals surface area contributed by atoms with Gasteiger partial charge in [0.1, 0.15) is 11.4 Å². The monoisotopic (exact) mass is 318 g/mol. The maximum absolute atomic E-state index is 11.3. The SMILES string of the molecule is COc1cccc(-c2nn3ccccc3c2-c2ccc(=O)[nH]n2)c1. The molecule has 0 radical (unpaired) electrons. The van der Waals surface area contributed by atoms with Crippen molar-refractivity contribution < 1.29 is 4.74 Å². The van der Waals surface area contributed by atoms with Gasteiger partial charge in [-0.3, -0.25) is 4.79 Å². The lowest BCUT2D eigenvalue weighted by molar-refractivity contribution is 0.415. The maximum Gasteiger partial charge on any atom is 0.264 e. The van der Waals surface area contributed by atoms with E-state index in [4.69, 9.17) is 4.74 Å². The first-order valence-electron chi connectivity index (χ1n) is 7.44. The van der Waals surface area contributed by atoms with Gasteiger partial charge < -0.3 is 4.74 Å². The number of H-pyrrole nitrogens is 1. The lowest BCUT2D eigenvalue weighted by Crippen LogP contribution is -2.05. The van der Waals surface area contributed by atoms with E-state index in [1.165, 1.54) is 6.07 Å². The van der Waals surface area contributed by atoms with E-state index in [1.807, 2.05) is 48.7 Å². The molecule has 4 aromatic rings. The second-order valence-corrected chi connectivity index (χ2v) is 5.29. The Bertz CT molecular complexity index is 1060. The number of hydrogen-bond acceptors (Lipinski definition) is 4. The molecule has 0 atom stereocenters. The number of aromatic amines is 1. The Hall–Kier alpha value is -3.41. The Labute approximate surface area is 137 Å². The average Bonchev–Trinajstić information content (AvgIpc) is 3.02. The van der Waals surface area contributed by atoms with Crippen molar-refractivity contribution in [2.45, 2.75) is 0 Å². The van der Waals surface area contributed by atoms with Crippen LogP contribution in [0.25, 0.3) is 28.0 Å². The zero-order valence-corrected chi connectivity index (χ0v) is 12.9. The largest absolute Gasteiger partial charge is 0.497 e. The second-order valence-electron chi connectivity index (χ2n) is 5.29. The van der Waals surface area contributed by atoms with Crippen LogP contribution in [-0.4, -0.2) is 26.9 Å². The van der Waals surface area contributed by atoms with Crippen molar-refractivity contribution >= 4 is 5.52 Å². The van der Waals surface area contributed by atoms with Crippen molar-refractivity contribution in [1.29, 1.82) is 0 Å². The lowest BCUT2D eigenvalue weighted by atomic mass is 10.0. The minimum Gasteiger partial charge on any atom is -0.497 e. The molecular formula is C18H14N4O2. The predicted octanol–water partition coefficient (Wildman–Crippen LogP) is 2.76. The summed E-state index contributed by atoms with van der Waals surface area (Å²) in [6, 6.07) is 16.7. The van der Waals surface area contributed by atoms with Gasteiger partial charge in [-0.25, -0.2) is 9.61 Å². The summed E-state index contributed by atoms with van der Waals surface area (Å²) >= 11 is 0. The fraction of sp³-hybridized carbons (Fsp3) is 0.0556. The van der Waals surface area contributed by atoms with E-state index in [-0.39, 0.29) is 5.56 Å². The van der Waals surface area contributed by atoms with E-state index in [0.29, 0.717) is 5.69 Å². The third-order valence-corrected chi connectivity index (χ3v) is 3.82. The molecule has 4 rings (SSSR count). The standard InChI is InChI=1S/C18H14N4O2/c1-24-13-6-4-5-12(11-13)18-17(14-8-9-16(23)20-19-14)15-7-2-3-10-22(15)21-18/h2-11H,1H3,(H,20,23). The van der Waals surface area contributed by atoms with Crippen molar-refractivity contribution in [2.24, 2.45) is 0 Å². The van der Waals surface area contributed by atoms with Gasteiger partial charge in [-0.1, -0.05) is 18.2 Å². The molecule has 1 aromatic carbocycles. The number of nitrogens with zero attached hydrogens (tertiary/aromatic N) is 3. The first-order chi connectivity index (χ1) is 11.8. The summed E-state index contributed by atoms with van der Waals surface area (Å²) in [6.45, 7) is 0. The molecule has 3 heterocycles. The third kappa shape index (κ3) is 2.34. The second kappa shape index (κ2) is 5.66. The summed E-state index contributed by atoms with van der Waals surface area (Å²) in [5.41, 5.74) is 3.89. The smallest absolute Gasteiger partial charge is 0.264 e. The van der Waals surface area contributed by atoms with E-state index in [2.05, 4.69) is 15.3 Å². The molecule has 0 amide bonds. The zero-order chi connectivity index (χ0) is 16.5. The predicted molar refractivity (Wildman–Crippen MR) is 91.0 cm³/mol. The first-order valence-corrected chi connectivity index (χ1v) is 7.44. The normalized spacial score (nSPS) is 10.9. The summed E-state index contributed by atoms with van der Waals surface area (Å²) in [4.78, 5) is 11.3. The molecule has 118 valence electrons. The van der Waals surface area contributed by atoms with Gasteiger partial charge in [0.2, 0.25) is 0 Å². The van der Waals surface area contributed by atoms with Crippen LogP contribution in [0.4, 0.5) is 0 Å². The number of ether oxygens (including phenoxy) is 1. The Kier molecular flexibility index (Phi) is 3.35. The van der Waals surface area contributed by atoms with Crippen LogP contribution in [0.2, 0.25) is 0 Å². The van der Waals surface area contributed by atoms with Crippen LogP contribution in [-0.2, 0) is 0 Å². The van der Waals surface area contributed by atoms with E-state index in [0.717, 1.165) is 28.1 Å². The number of nitrogens with one attached hydrogen (secondary N) is 1. The molecule has 0 saturated heterocycles. The van der Waals surface area contributed by atoms with Crippen LogP contribution in [0.1, 0.15) is 0 Å². The number of hydrogen-bond donors (Lipinski definition) is 1. The molecule has 0 aliphatic heterocycles. The van der Waals surface area contributed by atoms with Crippen LogP contribution >= 0.6 is 0 Å². The van der Waals surface area contributed by atoms with E-state index in [9.17, 15) is 4.79 Å². The van der Waals surface area contributed by atoms with Crippen molar-refractivity contribution in [1.82, 2.24) is 19.8 Å². The highest BCUT2D eigenvalue weighted by Crippen LogP contribution is 2.34. The number of methoxy groups -OCH3 is 1. The van der Waals surface area contributed by atoms with Crippen LogP contribution in [0.15, 0.2) is 65.6 Å². The summed E-state index contributed by atoms with van der Waals surface area (Å²) in [5, 5.41) is 11.4. The Morgan fingerprint density at radius 1 is 1.08 bits per heavy atom. The quantitative estimate of drug-likeness (QED) is 0.630. The highest BCUT2D eigenvalue weighted by Gasteiger charge is 2.17. The van der Waals surface area contributed by atoms with E-state index < -0.39 is 0 Å². The van der Waals surface area contributed by atoms with Gasteiger partial charge in [0.05, 0.1) is 23.9 Å². The Balaban J connectivity index is 2.02. The van der Waals surface area contributed by atoms with Crippen LogP contribution in [0.3, 0.4) is 0 Å². The number of fused-ring (bicyclic) bond motifs is 1. The molecule has 0 unspecified atom stereocenters. The molecule has 6 nitrogen and oxygen atoms in total. The molecule has 3 aromatic heterocycles. The molecule has 0 spiro atoms. The molecule has 0 fully saturated rings. The summed E-state index contributed by atoms with van der Waals surface area (Å²) < 4.78 is 7.12. The van der Waals surface area contributed by atoms with Crippen LogP contribution < -0.4 is 10.3 Å². The highest BCUT2D eigenvalue weighted by atomic mass is 16.5. The number of pyridine rings is 1. The van der Waals surface area contributed by atoms with Gasteiger partial charge in [-0.2, -0.15) is 10.2 Å².